The quantitative estimate of drug-likeness (QED) is 0.452. The van der Waals surface area contributed by atoms with E-state index >= 15 is 0 Å². The van der Waals surface area contributed by atoms with Crippen molar-refractivity contribution < 1.29 is 26.3 Å². The maximum atomic E-state index is 13.6. The van der Waals surface area contributed by atoms with Gasteiger partial charge >= 0.3 is 6.18 Å². The number of fused-ring (bicyclic) bond motifs is 1. The van der Waals surface area contributed by atoms with Crippen molar-refractivity contribution in [3.05, 3.63) is 76.0 Å². The molecule has 0 bridgehead atoms. The van der Waals surface area contributed by atoms with Gasteiger partial charge < -0.3 is 9.72 Å². The van der Waals surface area contributed by atoms with Gasteiger partial charge in [-0.1, -0.05) is 0 Å². The minimum absolute atomic E-state index is 0.0182. The zero-order valence-corrected chi connectivity index (χ0v) is 17.9. The molecule has 32 heavy (non-hydrogen) atoms. The number of benzene rings is 2. The molecule has 0 amide bonds. The van der Waals surface area contributed by atoms with Gasteiger partial charge in [0, 0.05) is 23.2 Å². The molecule has 0 fully saturated rings. The van der Waals surface area contributed by atoms with Crippen molar-refractivity contribution in [2.24, 2.45) is 0 Å². The van der Waals surface area contributed by atoms with Crippen molar-refractivity contribution >= 4 is 43.1 Å². The number of anilines is 2. The number of methoxy groups -OCH3 is 1. The molecule has 0 aliphatic heterocycles. The van der Waals surface area contributed by atoms with E-state index in [2.05, 4.69) is 9.97 Å². The molecule has 0 aliphatic carbocycles. The number of sulfonamides is 1. The monoisotopic (exact) mass is 481 g/mol. The molecule has 0 atom stereocenters. The Bertz CT molecular complexity index is 1450. The Kier molecular flexibility index (Phi) is 5.42. The van der Waals surface area contributed by atoms with Crippen molar-refractivity contribution in [1.29, 1.82) is 0 Å². The summed E-state index contributed by atoms with van der Waals surface area (Å²) in [7, 11) is -3.18. The highest BCUT2D eigenvalue weighted by atomic mass is 32.2. The van der Waals surface area contributed by atoms with Gasteiger partial charge in [-0.25, -0.2) is 17.7 Å². The normalized spacial score (nSPS) is 12.1. The Morgan fingerprint density at radius 3 is 2.53 bits per heavy atom. The fourth-order valence-corrected chi connectivity index (χ4v) is 5.44. The van der Waals surface area contributed by atoms with Crippen LogP contribution < -0.4 is 14.6 Å². The van der Waals surface area contributed by atoms with Crippen LogP contribution in [0.5, 0.6) is 5.75 Å². The lowest BCUT2D eigenvalue weighted by Crippen LogP contribution is -2.27. The topological polar surface area (TPSA) is 92.4 Å². The first-order valence-corrected chi connectivity index (χ1v) is 11.3. The highest BCUT2D eigenvalue weighted by Gasteiger charge is 2.35. The van der Waals surface area contributed by atoms with E-state index in [1.165, 1.54) is 36.5 Å². The molecular formula is C20H14F3N3O4S2. The summed E-state index contributed by atoms with van der Waals surface area (Å²) in [6.07, 6.45) is -3.25. The van der Waals surface area contributed by atoms with Crippen LogP contribution in [0.3, 0.4) is 0 Å². The van der Waals surface area contributed by atoms with Gasteiger partial charge in [-0.2, -0.15) is 13.2 Å². The summed E-state index contributed by atoms with van der Waals surface area (Å²) >= 11 is 0.992. The summed E-state index contributed by atoms with van der Waals surface area (Å²) < 4.78 is 72.7. The van der Waals surface area contributed by atoms with E-state index in [0.717, 1.165) is 41.0 Å². The molecule has 7 nitrogen and oxygen atoms in total. The number of aromatic nitrogens is 2. The number of rotatable bonds is 5. The lowest BCUT2D eigenvalue weighted by atomic mass is 10.2. The van der Waals surface area contributed by atoms with Crippen LogP contribution in [0.1, 0.15) is 5.56 Å². The highest BCUT2D eigenvalue weighted by molar-refractivity contribution is 7.93. The third-order valence-corrected chi connectivity index (χ3v) is 7.12. The first kappa shape index (κ1) is 21.8. The smallest absolute Gasteiger partial charge is 0.416 e. The number of thiazole rings is 1. The molecule has 2 aromatic carbocycles. The van der Waals surface area contributed by atoms with E-state index in [9.17, 15) is 26.4 Å². The largest absolute Gasteiger partial charge is 0.495 e. The van der Waals surface area contributed by atoms with Crippen LogP contribution in [-0.4, -0.2) is 25.5 Å². The second-order valence-corrected chi connectivity index (χ2v) is 9.20. The Morgan fingerprint density at radius 2 is 1.88 bits per heavy atom. The summed E-state index contributed by atoms with van der Waals surface area (Å²) in [6.45, 7) is 0. The summed E-state index contributed by atoms with van der Waals surface area (Å²) in [5, 5.41) is 2.02. The van der Waals surface area contributed by atoms with Crippen molar-refractivity contribution in [3.63, 3.8) is 0 Å². The van der Waals surface area contributed by atoms with Crippen LogP contribution in [0, 0.1) is 0 Å². The maximum Gasteiger partial charge on any atom is 0.416 e. The second kappa shape index (κ2) is 7.95. The molecule has 2 aromatic heterocycles. The van der Waals surface area contributed by atoms with E-state index < -0.39 is 21.8 Å². The van der Waals surface area contributed by atoms with E-state index in [1.807, 2.05) is 0 Å². The van der Waals surface area contributed by atoms with Crippen LogP contribution in [0.4, 0.5) is 24.0 Å². The molecule has 0 unspecified atom stereocenters. The van der Waals surface area contributed by atoms with E-state index in [1.54, 1.807) is 5.38 Å². The molecule has 4 aromatic rings. The molecule has 1 N–H and O–H groups in total. The summed E-state index contributed by atoms with van der Waals surface area (Å²) in [5.41, 5.74) is -1.02. The van der Waals surface area contributed by atoms with Gasteiger partial charge in [-0.15, -0.1) is 11.3 Å². The van der Waals surface area contributed by atoms with Gasteiger partial charge in [0.2, 0.25) is 10.7 Å². The molecule has 0 saturated heterocycles. The Labute approximate surface area is 183 Å². The number of aromatic amines is 1. The lowest BCUT2D eigenvalue weighted by Gasteiger charge is -2.24. The first-order chi connectivity index (χ1) is 15.1. The fraction of sp³-hybridized carbons (Fsp3) is 0.100. The zero-order chi connectivity index (χ0) is 23.1. The Hall–Kier alpha value is -3.38. The number of nitrogens with zero attached hydrogens (tertiary/aromatic N) is 2. The number of pyridine rings is 1. The van der Waals surface area contributed by atoms with E-state index in [0.29, 0.717) is 10.9 Å². The molecule has 0 radical (unpaired) electrons. The average Bonchev–Trinajstić information content (AvgIpc) is 3.26. The third-order valence-electron chi connectivity index (χ3n) is 4.55. The van der Waals surface area contributed by atoms with Crippen molar-refractivity contribution in [2.75, 3.05) is 11.4 Å². The maximum absolute atomic E-state index is 13.6. The van der Waals surface area contributed by atoms with Gasteiger partial charge in [0.1, 0.15) is 11.4 Å². The predicted octanol–water partition coefficient (Wildman–Crippen LogP) is 4.54. The van der Waals surface area contributed by atoms with Gasteiger partial charge in [-0.3, -0.25) is 4.79 Å². The number of H-pyrrole nitrogens is 1. The van der Waals surface area contributed by atoms with Crippen LogP contribution in [0.15, 0.2) is 69.8 Å². The van der Waals surface area contributed by atoms with Crippen LogP contribution in [0.2, 0.25) is 0 Å². The number of alkyl halides is 3. The number of ether oxygens (including phenoxy) is 1. The SMILES string of the molecule is COc1cc(C(F)(F)F)ccc1N(c1nccs1)S(=O)(=O)c1ccc2[nH]c(=O)ccc2c1. The molecular weight excluding hydrogens is 467 g/mol. The molecule has 2 heterocycles. The molecule has 4 rings (SSSR count). The molecule has 12 heteroatoms. The van der Waals surface area contributed by atoms with E-state index in [-0.39, 0.29) is 27.0 Å². The summed E-state index contributed by atoms with van der Waals surface area (Å²) in [6, 6.07) is 9.36. The number of hydrogen-bond acceptors (Lipinski definition) is 6. The number of hydrogen-bond donors (Lipinski definition) is 1. The van der Waals surface area contributed by atoms with Crippen molar-refractivity contribution in [3.8, 4) is 5.75 Å². The average molecular weight is 481 g/mol. The first-order valence-electron chi connectivity index (χ1n) is 8.94. The third kappa shape index (κ3) is 3.94. The Morgan fingerprint density at radius 1 is 1.09 bits per heavy atom. The minimum Gasteiger partial charge on any atom is -0.495 e. The summed E-state index contributed by atoms with van der Waals surface area (Å²) in [4.78, 5) is 18.0. The van der Waals surface area contributed by atoms with Crippen LogP contribution >= 0.6 is 11.3 Å². The fourth-order valence-electron chi connectivity index (χ4n) is 3.07. The number of halogens is 3. The second-order valence-electron chi connectivity index (χ2n) is 6.54. The van der Waals surface area contributed by atoms with Crippen molar-refractivity contribution in [2.45, 2.75) is 11.1 Å². The van der Waals surface area contributed by atoms with Gasteiger partial charge in [0.25, 0.3) is 10.0 Å². The predicted molar refractivity (Wildman–Crippen MR) is 114 cm³/mol. The van der Waals surface area contributed by atoms with E-state index in [4.69, 9.17) is 4.74 Å². The molecule has 0 saturated carbocycles. The minimum atomic E-state index is -4.63. The molecule has 0 spiro atoms. The van der Waals surface area contributed by atoms with Gasteiger partial charge in [0.15, 0.2) is 0 Å². The van der Waals surface area contributed by atoms with Crippen LogP contribution in [-0.2, 0) is 16.2 Å². The molecule has 166 valence electrons. The summed E-state index contributed by atoms with van der Waals surface area (Å²) in [5.74, 6) is -0.288. The standard InChI is InChI=1S/C20H14F3N3O4S2/c1-30-17-11-13(20(21,22)23)3-6-16(17)26(19-24-8-9-31-19)32(28,29)14-4-5-15-12(10-14)2-7-18(27)25-15/h2-11H,1H3,(H,25,27). The molecule has 0 aliphatic rings. The van der Waals surface area contributed by atoms with Gasteiger partial charge in [0.05, 0.1) is 17.6 Å². The lowest BCUT2D eigenvalue weighted by molar-refractivity contribution is -0.137. The Balaban J connectivity index is 1.92. The van der Waals surface area contributed by atoms with Gasteiger partial charge in [-0.05, 0) is 47.9 Å². The van der Waals surface area contributed by atoms with Crippen molar-refractivity contribution in [1.82, 2.24) is 9.97 Å². The zero-order valence-electron chi connectivity index (χ0n) is 16.3. The number of nitrogens with one attached hydrogen (secondary N) is 1. The highest BCUT2D eigenvalue weighted by Crippen LogP contribution is 2.42. The van der Waals surface area contributed by atoms with Crippen LogP contribution in [0.25, 0.3) is 10.9 Å².